The molecule has 1 unspecified atom stereocenters. The fraction of sp³-hybridized carbons (Fsp3) is 0.889. The molecule has 1 saturated heterocycles. The molecule has 0 radical (unpaired) electrons. The molecule has 3 N–H and O–H groups in total. The summed E-state index contributed by atoms with van der Waals surface area (Å²) >= 11 is 0. The standard InChI is InChI=1S/C9H18N2O2/c1-9(2,3)11-8(13)7-4-6(12)5-10-7/h6-7,10,12H,4-5H2,1-3H3,(H,11,13)/t6?,7-/m0/s1. The maximum Gasteiger partial charge on any atom is 0.237 e. The Labute approximate surface area is 78.7 Å². The Balaban J connectivity index is 2.41. The minimum atomic E-state index is -0.379. The second kappa shape index (κ2) is 3.64. The van der Waals surface area contributed by atoms with Crippen molar-refractivity contribution >= 4 is 5.91 Å². The van der Waals surface area contributed by atoms with Gasteiger partial charge in [-0.15, -0.1) is 0 Å². The molecule has 1 aliphatic heterocycles. The summed E-state index contributed by atoms with van der Waals surface area (Å²) in [6.45, 7) is 6.34. The zero-order chi connectivity index (χ0) is 10.1. The fourth-order valence-electron chi connectivity index (χ4n) is 1.37. The molecular weight excluding hydrogens is 168 g/mol. The lowest BCUT2D eigenvalue weighted by molar-refractivity contribution is -0.124. The summed E-state index contributed by atoms with van der Waals surface area (Å²) in [6, 6.07) is -0.228. The van der Waals surface area contributed by atoms with Crippen LogP contribution in [0.4, 0.5) is 0 Å². The van der Waals surface area contributed by atoms with Crippen molar-refractivity contribution < 1.29 is 9.90 Å². The number of carbonyl (C=O) groups excluding carboxylic acids is 1. The molecule has 0 aromatic heterocycles. The van der Waals surface area contributed by atoms with Crippen molar-refractivity contribution in [2.45, 2.75) is 44.9 Å². The number of rotatable bonds is 1. The van der Waals surface area contributed by atoms with E-state index in [-0.39, 0.29) is 23.6 Å². The Bertz CT molecular complexity index is 198. The van der Waals surface area contributed by atoms with Crippen molar-refractivity contribution in [1.82, 2.24) is 10.6 Å². The van der Waals surface area contributed by atoms with Gasteiger partial charge in [0.05, 0.1) is 12.1 Å². The average molecular weight is 186 g/mol. The van der Waals surface area contributed by atoms with Gasteiger partial charge in [-0.2, -0.15) is 0 Å². The van der Waals surface area contributed by atoms with Gasteiger partial charge in [0.2, 0.25) is 5.91 Å². The highest BCUT2D eigenvalue weighted by Crippen LogP contribution is 2.08. The van der Waals surface area contributed by atoms with Gasteiger partial charge in [-0.05, 0) is 27.2 Å². The van der Waals surface area contributed by atoms with Crippen LogP contribution in [0.15, 0.2) is 0 Å². The Morgan fingerprint density at radius 3 is 2.54 bits per heavy atom. The van der Waals surface area contributed by atoms with Crippen LogP contribution >= 0.6 is 0 Å². The Morgan fingerprint density at radius 2 is 2.15 bits per heavy atom. The van der Waals surface area contributed by atoms with Gasteiger partial charge in [0, 0.05) is 12.1 Å². The molecule has 0 aromatic carbocycles. The molecule has 4 nitrogen and oxygen atoms in total. The summed E-state index contributed by atoms with van der Waals surface area (Å²) in [5.41, 5.74) is -0.202. The quantitative estimate of drug-likeness (QED) is 0.523. The molecule has 0 saturated carbocycles. The molecule has 1 amide bonds. The first kappa shape index (κ1) is 10.5. The van der Waals surface area contributed by atoms with Gasteiger partial charge in [0.15, 0.2) is 0 Å². The van der Waals surface area contributed by atoms with E-state index in [1.165, 1.54) is 0 Å². The van der Waals surface area contributed by atoms with Crippen LogP contribution in [0, 0.1) is 0 Å². The van der Waals surface area contributed by atoms with Crippen molar-refractivity contribution in [3.05, 3.63) is 0 Å². The van der Waals surface area contributed by atoms with E-state index in [9.17, 15) is 9.90 Å². The molecule has 1 rings (SSSR count). The minimum Gasteiger partial charge on any atom is -0.392 e. The van der Waals surface area contributed by atoms with E-state index < -0.39 is 0 Å². The molecule has 0 aromatic rings. The lowest BCUT2D eigenvalue weighted by Gasteiger charge is -2.22. The van der Waals surface area contributed by atoms with Gasteiger partial charge in [-0.25, -0.2) is 0 Å². The maximum absolute atomic E-state index is 11.5. The van der Waals surface area contributed by atoms with Gasteiger partial charge in [0.1, 0.15) is 0 Å². The molecular formula is C9H18N2O2. The van der Waals surface area contributed by atoms with Crippen LogP contribution < -0.4 is 10.6 Å². The molecule has 13 heavy (non-hydrogen) atoms. The fourth-order valence-corrected chi connectivity index (χ4v) is 1.37. The number of amides is 1. The summed E-state index contributed by atoms with van der Waals surface area (Å²) < 4.78 is 0. The van der Waals surface area contributed by atoms with Gasteiger partial charge in [-0.1, -0.05) is 0 Å². The summed E-state index contributed by atoms with van der Waals surface area (Å²) in [5, 5.41) is 15.0. The molecule has 0 bridgehead atoms. The van der Waals surface area contributed by atoms with E-state index in [1.54, 1.807) is 0 Å². The largest absolute Gasteiger partial charge is 0.392 e. The third kappa shape index (κ3) is 3.32. The smallest absolute Gasteiger partial charge is 0.237 e. The SMILES string of the molecule is CC(C)(C)NC(=O)[C@@H]1CC(O)CN1. The van der Waals surface area contributed by atoms with E-state index in [0.717, 1.165) is 0 Å². The van der Waals surface area contributed by atoms with Gasteiger partial charge >= 0.3 is 0 Å². The number of nitrogens with one attached hydrogen (secondary N) is 2. The first-order valence-electron chi connectivity index (χ1n) is 4.62. The van der Waals surface area contributed by atoms with Gasteiger partial charge in [0.25, 0.3) is 0 Å². The highest BCUT2D eigenvalue weighted by molar-refractivity contribution is 5.82. The molecule has 4 heteroatoms. The monoisotopic (exact) mass is 186 g/mol. The molecule has 1 fully saturated rings. The second-order valence-corrected chi connectivity index (χ2v) is 4.59. The van der Waals surface area contributed by atoms with Crippen molar-refractivity contribution in [2.75, 3.05) is 6.54 Å². The first-order valence-corrected chi connectivity index (χ1v) is 4.62. The van der Waals surface area contributed by atoms with Crippen LogP contribution in [0.3, 0.4) is 0 Å². The van der Waals surface area contributed by atoms with Crippen LogP contribution in [0.2, 0.25) is 0 Å². The van der Waals surface area contributed by atoms with Crippen LogP contribution in [-0.2, 0) is 4.79 Å². The lowest BCUT2D eigenvalue weighted by atomic mass is 10.1. The van der Waals surface area contributed by atoms with E-state index in [0.29, 0.717) is 13.0 Å². The van der Waals surface area contributed by atoms with Gasteiger partial charge in [-0.3, -0.25) is 4.79 Å². The predicted molar refractivity (Wildman–Crippen MR) is 50.3 cm³/mol. The number of β-amino-alcohol motifs (C(OH)–C–C–N with tert-alkyl or cyclic N) is 1. The number of aliphatic hydroxyl groups excluding tert-OH is 1. The van der Waals surface area contributed by atoms with Crippen LogP contribution in [0.1, 0.15) is 27.2 Å². The highest BCUT2D eigenvalue weighted by Gasteiger charge is 2.29. The number of hydrogen-bond acceptors (Lipinski definition) is 3. The Hall–Kier alpha value is -0.610. The first-order chi connectivity index (χ1) is 5.88. The molecule has 0 spiro atoms. The Kier molecular flexibility index (Phi) is 2.93. The minimum absolute atomic E-state index is 0.0240. The van der Waals surface area contributed by atoms with Gasteiger partial charge < -0.3 is 15.7 Å². The van der Waals surface area contributed by atoms with E-state index in [4.69, 9.17) is 0 Å². The lowest BCUT2D eigenvalue weighted by Crippen LogP contribution is -2.48. The number of aliphatic hydroxyl groups is 1. The summed E-state index contributed by atoms with van der Waals surface area (Å²) in [5.74, 6) is -0.0240. The summed E-state index contributed by atoms with van der Waals surface area (Å²) in [6.07, 6.45) is 0.137. The van der Waals surface area contributed by atoms with Crippen molar-refractivity contribution in [3.8, 4) is 0 Å². The second-order valence-electron chi connectivity index (χ2n) is 4.59. The molecule has 2 atom stereocenters. The maximum atomic E-state index is 11.5. The van der Waals surface area contributed by atoms with Crippen LogP contribution in [0.5, 0.6) is 0 Å². The van der Waals surface area contributed by atoms with Crippen molar-refractivity contribution in [2.24, 2.45) is 0 Å². The van der Waals surface area contributed by atoms with E-state index in [2.05, 4.69) is 10.6 Å². The average Bonchev–Trinajstić information content (AvgIpc) is 2.31. The van der Waals surface area contributed by atoms with E-state index in [1.807, 2.05) is 20.8 Å². The number of carbonyl (C=O) groups is 1. The zero-order valence-corrected chi connectivity index (χ0v) is 8.42. The van der Waals surface area contributed by atoms with Crippen LogP contribution in [-0.4, -0.2) is 35.2 Å². The Morgan fingerprint density at radius 1 is 1.54 bits per heavy atom. The third-order valence-electron chi connectivity index (χ3n) is 1.92. The molecule has 76 valence electrons. The predicted octanol–water partition coefficient (Wildman–Crippen LogP) is -0.376. The zero-order valence-electron chi connectivity index (χ0n) is 8.42. The normalized spacial score (nSPS) is 28.9. The molecule has 0 aliphatic carbocycles. The third-order valence-corrected chi connectivity index (χ3v) is 1.92. The topological polar surface area (TPSA) is 61.4 Å². The molecule has 1 heterocycles. The summed E-state index contributed by atoms with van der Waals surface area (Å²) in [4.78, 5) is 11.5. The van der Waals surface area contributed by atoms with Crippen molar-refractivity contribution in [1.29, 1.82) is 0 Å². The van der Waals surface area contributed by atoms with E-state index >= 15 is 0 Å². The van der Waals surface area contributed by atoms with Crippen molar-refractivity contribution in [3.63, 3.8) is 0 Å². The van der Waals surface area contributed by atoms with Crippen LogP contribution in [0.25, 0.3) is 0 Å². The number of hydrogen-bond donors (Lipinski definition) is 3. The highest BCUT2D eigenvalue weighted by atomic mass is 16.3. The molecule has 1 aliphatic rings. The summed E-state index contributed by atoms with van der Waals surface area (Å²) in [7, 11) is 0.